The molecule has 1 saturated heterocycles. The Morgan fingerprint density at radius 1 is 1.35 bits per heavy atom. The molecule has 0 radical (unpaired) electrons. The summed E-state index contributed by atoms with van der Waals surface area (Å²) < 4.78 is 36.4. The van der Waals surface area contributed by atoms with E-state index in [4.69, 9.17) is 9.47 Å². The molecular formula is C14H16F2N2O5. The predicted molar refractivity (Wildman–Crippen MR) is 75.9 cm³/mol. The van der Waals surface area contributed by atoms with Crippen molar-refractivity contribution in [2.75, 3.05) is 26.8 Å². The molecule has 126 valence electrons. The van der Waals surface area contributed by atoms with Gasteiger partial charge in [0, 0.05) is 32.0 Å². The van der Waals surface area contributed by atoms with Crippen molar-refractivity contribution in [3.63, 3.8) is 0 Å². The topological polar surface area (TPSA) is 81.9 Å². The molecule has 1 heterocycles. The van der Waals surface area contributed by atoms with Crippen molar-refractivity contribution >= 4 is 11.6 Å². The number of carbonyl (C=O) groups is 1. The molecule has 1 aromatic rings. The highest BCUT2D eigenvalue weighted by Crippen LogP contribution is 2.31. The number of ether oxygens (including phenoxy) is 2. The molecule has 0 unspecified atom stereocenters. The Kier molecular flexibility index (Phi) is 4.97. The number of amides is 1. The number of benzene rings is 1. The number of hydrogen-bond acceptors (Lipinski definition) is 5. The van der Waals surface area contributed by atoms with Crippen LogP contribution in [0.3, 0.4) is 0 Å². The fourth-order valence-electron chi connectivity index (χ4n) is 2.21. The molecule has 2 rings (SSSR count). The quantitative estimate of drug-likeness (QED) is 0.611. The van der Waals surface area contributed by atoms with Crippen LogP contribution in [0.25, 0.3) is 0 Å². The van der Waals surface area contributed by atoms with Gasteiger partial charge in [0.2, 0.25) is 0 Å². The highest BCUT2D eigenvalue weighted by Gasteiger charge is 2.35. The monoisotopic (exact) mass is 330 g/mol. The SMILES string of the molecule is COc1ccc([N+](=O)[O-])cc1OCC(=O)N1CCC(F)(F)CC1. The van der Waals surface area contributed by atoms with Crippen molar-refractivity contribution in [2.24, 2.45) is 0 Å². The predicted octanol–water partition coefficient (Wildman–Crippen LogP) is 2.24. The lowest BCUT2D eigenvalue weighted by atomic mass is 10.1. The van der Waals surface area contributed by atoms with Gasteiger partial charge in [-0.05, 0) is 6.07 Å². The number of methoxy groups -OCH3 is 1. The molecule has 1 aromatic carbocycles. The zero-order chi connectivity index (χ0) is 17.0. The lowest BCUT2D eigenvalue weighted by molar-refractivity contribution is -0.385. The molecule has 0 bridgehead atoms. The van der Waals surface area contributed by atoms with Crippen LogP contribution in [0.2, 0.25) is 0 Å². The van der Waals surface area contributed by atoms with Gasteiger partial charge in [0.05, 0.1) is 18.1 Å². The van der Waals surface area contributed by atoms with Crippen LogP contribution in [0.15, 0.2) is 18.2 Å². The Balaban J connectivity index is 1.98. The summed E-state index contributed by atoms with van der Waals surface area (Å²) in [5.74, 6) is -2.89. The first-order valence-corrected chi connectivity index (χ1v) is 6.93. The average molecular weight is 330 g/mol. The molecule has 7 nitrogen and oxygen atoms in total. The van der Waals surface area contributed by atoms with Crippen molar-refractivity contribution in [2.45, 2.75) is 18.8 Å². The van der Waals surface area contributed by atoms with Gasteiger partial charge in [0.1, 0.15) is 0 Å². The highest BCUT2D eigenvalue weighted by atomic mass is 19.3. The van der Waals surface area contributed by atoms with Crippen LogP contribution in [0.5, 0.6) is 11.5 Å². The first-order chi connectivity index (χ1) is 10.8. The number of carbonyl (C=O) groups excluding carboxylic acids is 1. The van der Waals surface area contributed by atoms with Crippen LogP contribution < -0.4 is 9.47 Å². The van der Waals surface area contributed by atoms with Crippen molar-refractivity contribution in [1.82, 2.24) is 4.90 Å². The summed E-state index contributed by atoms with van der Waals surface area (Å²) in [6.45, 7) is -0.481. The summed E-state index contributed by atoms with van der Waals surface area (Å²) in [4.78, 5) is 23.4. The fourth-order valence-corrected chi connectivity index (χ4v) is 2.21. The molecule has 1 amide bonds. The largest absolute Gasteiger partial charge is 0.493 e. The molecule has 0 saturated carbocycles. The first-order valence-electron chi connectivity index (χ1n) is 6.93. The van der Waals surface area contributed by atoms with Gasteiger partial charge in [0.15, 0.2) is 18.1 Å². The number of likely N-dealkylation sites (tertiary alicyclic amines) is 1. The highest BCUT2D eigenvalue weighted by molar-refractivity contribution is 5.78. The lowest BCUT2D eigenvalue weighted by Gasteiger charge is -2.31. The number of nitro groups is 1. The summed E-state index contributed by atoms with van der Waals surface area (Å²) in [6.07, 6.45) is -0.752. The average Bonchev–Trinajstić information content (AvgIpc) is 2.52. The second-order valence-corrected chi connectivity index (χ2v) is 5.12. The van der Waals surface area contributed by atoms with E-state index in [1.165, 1.54) is 24.1 Å². The molecule has 1 fully saturated rings. The standard InChI is InChI=1S/C14H16F2N2O5/c1-22-11-3-2-10(18(20)21)8-12(11)23-9-13(19)17-6-4-14(15,16)5-7-17/h2-3,8H,4-7,9H2,1H3. The van der Waals surface area contributed by atoms with Gasteiger partial charge >= 0.3 is 0 Å². The molecule has 23 heavy (non-hydrogen) atoms. The van der Waals surface area contributed by atoms with Gasteiger partial charge in [-0.15, -0.1) is 0 Å². The number of nitrogens with zero attached hydrogens (tertiary/aromatic N) is 2. The molecule has 1 aliphatic rings. The molecule has 0 aliphatic carbocycles. The van der Waals surface area contributed by atoms with Crippen LogP contribution in [0.4, 0.5) is 14.5 Å². The molecule has 1 aliphatic heterocycles. The van der Waals surface area contributed by atoms with Gasteiger partial charge < -0.3 is 14.4 Å². The molecule has 0 aromatic heterocycles. The minimum atomic E-state index is -2.74. The van der Waals surface area contributed by atoms with E-state index in [1.807, 2.05) is 0 Å². The van der Waals surface area contributed by atoms with E-state index in [0.717, 1.165) is 6.07 Å². The lowest BCUT2D eigenvalue weighted by Crippen LogP contribution is -2.44. The molecular weight excluding hydrogens is 314 g/mol. The van der Waals surface area contributed by atoms with E-state index in [-0.39, 0.29) is 43.1 Å². The van der Waals surface area contributed by atoms with Gasteiger partial charge in [-0.1, -0.05) is 0 Å². The second-order valence-electron chi connectivity index (χ2n) is 5.12. The Hall–Kier alpha value is -2.45. The maximum Gasteiger partial charge on any atom is 0.273 e. The third-order valence-electron chi connectivity index (χ3n) is 3.56. The third-order valence-corrected chi connectivity index (χ3v) is 3.56. The molecule has 9 heteroatoms. The minimum Gasteiger partial charge on any atom is -0.493 e. The van der Waals surface area contributed by atoms with Crippen molar-refractivity contribution in [3.05, 3.63) is 28.3 Å². The van der Waals surface area contributed by atoms with Crippen molar-refractivity contribution in [3.8, 4) is 11.5 Å². The first kappa shape index (κ1) is 16.9. The van der Waals surface area contributed by atoms with E-state index in [1.54, 1.807) is 0 Å². The molecule has 0 atom stereocenters. The zero-order valence-corrected chi connectivity index (χ0v) is 12.5. The summed E-state index contributed by atoms with van der Waals surface area (Å²) >= 11 is 0. The Morgan fingerprint density at radius 2 is 2.00 bits per heavy atom. The van der Waals surface area contributed by atoms with Crippen LogP contribution in [-0.2, 0) is 4.79 Å². The van der Waals surface area contributed by atoms with E-state index in [9.17, 15) is 23.7 Å². The Bertz CT molecular complexity index is 599. The van der Waals surface area contributed by atoms with Crippen LogP contribution in [-0.4, -0.2) is 48.5 Å². The zero-order valence-electron chi connectivity index (χ0n) is 12.5. The number of non-ortho nitro benzene ring substituents is 1. The number of nitro benzene ring substituents is 1. The van der Waals surface area contributed by atoms with E-state index >= 15 is 0 Å². The van der Waals surface area contributed by atoms with Gasteiger partial charge in [-0.2, -0.15) is 0 Å². The minimum absolute atomic E-state index is 0.0404. The summed E-state index contributed by atoms with van der Waals surface area (Å²) in [5.41, 5.74) is -0.203. The fraction of sp³-hybridized carbons (Fsp3) is 0.500. The number of alkyl halides is 2. The molecule has 0 N–H and O–H groups in total. The summed E-state index contributed by atoms with van der Waals surface area (Å²) in [7, 11) is 1.36. The van der Waals surface area contributed by atoms with E-state index < -0.39 is 23.4 Å². The number of halogens is 2. The van der Waals surface area contributed by atoms with Crippen LogP contribution >= 0.6 is 0 Å². The molecule has 0 spiro atoms. The van der Waals surface area contributed by atoms with Crippen LogP contribution in [0.1, 0.15) is 12.8 Å². The van der Waals surface area contributed by atoms with Crippen molar-refractivity contribution in [1.29, 1.82) is 0 Å². The number of hydrogen-bond donors (Lipinski definition) is 0. The number of piperidine rings is 1. The van der Waals surface area contributed by atoms with Crippen molar-refractivity contribution < 1.29 is 28.0 Å². The maximum absolute atomic E-state index is 13.1. The second kappa shape index (κ2) is 6.76. The number of rotatable bonds is 5. The van der Waals surface area contributed by atoms with E-state index in [2.05, 4.69) is 0 Å². The maximum atomic E-state index is 13.1. The third kappa shape index (κ3) is 4.27. The van der Waals surface area contributed by atoms with Crippen LogP contribution in [0, 0.1) is 10.1 Å². The Labute approximate surface area is 130 Å². The smallest absolute Gasteiger partial charge is 0.273 e. The van der Waals surface area contributed by atoms with Gasteiger partial charge in [0.25, 0.3) is 17.5 Å². The Morgan fingerprint density at radius 3 is 2.57 bits per heavy atom. The summed E-state index contributed by atoms with van der Waals surface area (Å²) in [6, 6.07) is 3.76. The van der Waals surface area contributed by atoms with Gasteiger partial charge in [-0.3, -0.25) is 14.9 Å². The normalized spacial score (nSPS) is 16.7. The summed E-state index contributed by atoms with van der Waals surface area (Å²) in [5, 5.41) is 10.8. The van der Waals surface area contributed by atoms with E-state index in [0.29, 0.717) is 0 Å². The van der Waals surface area contributed by atoms with Gasteiger partial charge in [-0.25, -0.2) is 8.78 Å².